The third kappa shape index (κ3) is 5.95. The zero-order chi connectivity index (χ0) is 22.3. The highest BCUT2D eigenvalue weighted by atomic mass is 32.2. The predicted molar refractivity (Wildman–Crippen MR) is 122 cm³/mol. The van der Waals surface area contributed by atoms with Gasteiger partial charge in [-0.1, -0.05) is 18.2 Å². The maximum absolute atomic E-state index is 9.90. The van der Waals surface area contributed by atoms with E-state index in [1.54, 1.807) is 0 Å². The minimum atomic E-state index is -0.997. The third-order valence-electron chi connectivity index (χ3n) is 4.86. The molecule has 4 N–H and O–H groups in total. The molecule has 0 amide bonds. The fourth-order valence-electron chi connectivity index (χ4n) is 3.10. The second-order valence-corrected chi connectivity index (χ2v) is 7.99. The van der Waals surface area contributed by atoms with Crippen LogP contribution in [0.2, 0.25) is 0 Å². The van der Waals surface area contributed by atoms with E-state index in [9.17, 15) is 15.5 Å². The number of nitrogens with zero attached hydrogens (tertiary/aromatic N) is 2. The Morgan fingerprint density at radius 2 is 1.83 bits per heavy atom. The van der Waals surface area contributed by atoms with Crippen molar-refractivity contribution in [2.75, 3.05) is 32.7 Å². The molecule has 3 unspecified atom stereocenters. The van der Waals surface area contributed by atoms with Gasteiger partial charge in [-0.3, -0.25) is 4.72 Å². The van der Waals surface area contributed by atoms with Crippen LogP contribution in [0.1, 0.15) is 18.9 Å². The minimum Gasteiger partial charge on any atom is -0.400 e. The van der Waals surface area contributed by atoms with Gasteiger partial charge in [0.15, 0.2) is 6.29 Å². The van der Waals surface area contributed by atoms with Crippen LogP contribution in [-0.2, 0) is 4.74 Å². The summed E-state index contributed by atoms with van der Waals surface area (Å²) in [5.41, 5.74) is 2.96. The first-order valence-corrected chi connectivity index (χ1v) is 10.4. The number of aliphatic hydroxyl groups is 3. The number of ether oxygens (including phenoxy) is 1. The van der Waals surface area contributed by atoms with Crippen molar-refractivity contribution < 1.29 is 20.1 Å². The number of allylic oxidation sites excluding steroid dienone is 2. The molecule has 7 nitrogen and oxygen atoms in total. The van der Waals surface area contributed by atoms with Gasteiger partial charge in [-0.05, 0) is 65.4 Å². The van der Waals surface area contributed by atoms with Gasteiger partial charge >= 0.3 is 0 Å². The van der Waals surface area contributed by atoms with Gasteiger partial charge < -0.3 is 25.0 Å². The zero-order valence-electron chi connectivity index (χ0n) is 17.7. The minimum absolute atomic E-state index is 0.122. The van der Waals surface area contributed by atoms with E-state index in [2.05, 4.69) is 46.0 Å². The van der Waals surface area contributed by atoms with E-state index in [0.29, 0.717) is 11.3 Å². The molecule has 2 aromatic carbocycles. The van der Waals surface area contributed by atoms with Crippen molar-refractivity contribution in [1.82, 2.24) is 4.72 Å². The smallest absolute Gasteiger partial charge is 0.171 e. The Morgan fingerprint density at radius 1 is 1.17 bits per heavy atom. The lowest BCUT2D eigenvalue weighted by Crippen LogP contribution is -2.46. The summed E-state index contributed by atoms with van der Waals surface area (Å²) >= 11 is 1.16. The molecule has 162 valence electrons. The number of aliphatic hydroxyl groups excluding tert-OH is 3. The highest BCUT2D eigenvalue weighted by molar-refractivity contribution is 8.01. The van der Waals surface area contributed by atoms with Gasteiger partial charge in [0.1, 0.15) is 11.0 Å². The summed E-state index contributed by atoms with van der Waals surface area (Å²) in [7, 11) is 5.03. The topological polar surface area (TPSA) is 109 Å². The van der Waals surface area contributed by atoms with Gasteiger partial charge in [-0.2, -0.15) is 5.26 Å². The van der Waals surface area contributed by atoms with Gasteiger partial charge in [0.05, 0.1) is 18.8 Å². The average Bonchev–Trinajstić information content (AvgIpc) is 2.76. The SMILES string of the molecule is C/C(=C(/C#N)SNC1CC(O)COC1O)c1ccc2cc(N(C)C)ccc2c1.CO. The molecule has 1 saturated heterocycles. The average molecular weight is 432 g/mol. The molecule has 0 bridgehead atoms. The van der Waals surface area contributed by atoms with Crippen molar-refractivity contribution in [2.24, 2.45) is 0 Å². The summed E-state index contributed by atoms with van der Waals surface area (Å²) < 4.78 is 8.17. The summed E-state index contributed by atoms with van der Waals surface area (Å²) in [6.45, 7) is 2.03. The van der Waals surface area contributed by atoms with Gasteiger partial charge in [0, 0.05) is 26.9 Å². The van der Waals surface area contributed by atoms with Gasteiger partial charge in [0.25, 0.3) is 0 Å². The van der Waals surface area contributed by atoms with Crippen molar-refractivity contribution in [2.45, 2.75) is 31.8 Å². The van der Waals surface area contributed by atoms with Crippen molar-refractivity contribution in [1.29, 1.82) is 5.26 Å². The van der Waals surface area contributed by atoms with Crippen LogP contribution < -0.4 is 9.62 Å². The highest BCUT2D eigenvalue weighted by Crippen LogP contribution is 2.29. The first-order chi connectivity index (χ1) is 14.4. The molecule has 1 aliphatic heterocycles. The van der Waals surface area contributed by atoms with E-state index in [-0.39, 0.29) is 6.61 Å². The summed E-state index contributed by atoms with van der Waals surface area (Å²) in [6, 6.07) is 14.2. The summed E-state index contributed by atoms with van der Waals surface area (Å²) in [4.78, 5) is 2.58. The Bertz CT molecular complexity index is 926. The molecule has 0 aliphatic carbocycles. The van der Waals surface area contributed by atoms with E-state index in [0.717, 1.165) is 46.7 Å². The Labute approximate surface area is 181 Å². The quantitative estimate of drug-likeness (QED) is 0.422. The molecular weight excluding hydrogens is 402 g/mol. The molecule has 0 radical (unpaired) electrons. The van der Waals surface area contributed by atoms with E-state index < -0.39 is 18.4 Å². The van der Waals surface area contributed by atoms with Crippen LogP contribution in [0.4, 0.5) is 5.69 Å². The fraction of sp³-hybridized carbons (Fsp3) is 0.409. The molecule has 0 saturated carbocycles. The number of benzene rings is 2. The zero-order valence-corrected chi connectivity index (χ0v) is 18.5. The largest absolute Gasteiger partial charge is 0.400 e. The Kier molecular flexibility index (Phi) is 9.11. The van der Waals surface area contributed by atoms with E-state index in [4.69, 9.17) is 9.84 Å². The van der Waals surface area contributed by atoms with Crippen molar-refractivity contribution in [3.8, 4) is 6.07 Å². The summed E-state index contributed by atoms with van der Waals surface area (Å²) in [5, 5.41) is 38.4. The highest BCUT2D eigenvalue weighted by Gasteiger charge is 2.29. The number of rotatable bonds is 5. The number of nitriles is 1. The maximum atomic E-state index is 9.90. The van der Waals surface area contributed by atoms with Crippen LogP contribution in [0.5, 0.6) is 0 Å². The molecule has 1 aliphatic rings. The van der Waals surface area contributed by atoms with Crippen LogP contribution in [0, 0.1) is 11.3 Å². The first-order valence-electron chi connectivity index (χ1n) is 9.56. The summed E-state index contributed by atoms with van der Waals surface area (Å²) in [5.74, 6) is 0. The normalized spacial score (nSPS) is 21.9. The molecular formula is C22H29N3O4S. The maximum Gasteiger partial charge on any atom is 0.171 e. The molecule has 3 rings (SSSR count). The second kappa shape index (κ2) is 11.3. The van der Waals surface area contributed by atoms with E-state index in [1.165, 1.54) is 0 Å². The third-order valence-corrected chi connectivity index (χ3v) is 5.88. The van der Waals surface area contributed by atoms with Crippen LogP contribution in [0.15, 0.2) is 41.3 Å². The van der Waals surface area contributed by atoms with Gasteiger partial charge in [-0.15, -0.1) is 0 Å². The standard InChI is InChI=1S/C21H25N3O3S.CH4O/c1-13(20(11-22)28-23-19-10-18(25)12-27-21(19)26)14-4-5-16-9-17(24(2)3)7-6-15(16)8-14;1-2/h4-9,18-19,21,23,25-26H,10,12H2,1-3H3;2H,1H3/b20-13+;. The lowest BCUT2D eigenvalue weighted by molar-refractivity contribution is -0.168. The van der Waals surface area contributed by atoms with Gasteiger partial charge in [0.2, 0.25) is 0 Å². The van der Waals surface area contributed by atoms with Crippen molar-refractivity contribution in [3.63, 3.8) is 0 Å². The lowest BCUT2D eigenvalue weighted by atomic mass is 10.0. The second-order valence-electron chi connectivity index (χ2n) is 7.15. The molecule has 2 aromatic rings. The molecule has 3 atom stereocenters. The Hall–Kier alpha value is -2.12. The number of fused-ring (bicyclic) bond motifs is 1. The molecule has 30 heavy (non-hydrogen) atoms. The predicted octanol–water partition coefficient (Wildman–Crippen LogP) is 2.47. The number of hydrogen-bond acceptors (Lipinski definition) is 8. The van der Waals surface area contributed by atoms with Crippen LogP contribution >= 0.6 is 11.9 Å². The number of anilines is 1. The molecule has 1 fully saturated rings. The van der Waals surface area contributed by atoms with Crippen molar-refractivity contribution >= 4 is 34.0 Å². The first kappa shape index (κ1) is 24.2. The number of nitrogens with one attached hydrogen (secondary N) is 1. The lowest BCUT2D eigenvalue weighted by Gasteiger charge is -2.31. The van der Waals surface area contributed by atoms with Crippen LogP contribution in [-0.4, -0.2) is 61.6 Å². The summed E-state index contributed by atoms with van der Waals surface area (Å²) in [6.07, 6.45) is -1.25. The van der Waals surface area contributed by atoms with Crippen LogP contribution in [0.25, 0.3) is 16.3 Å². The number of hydrogen-bond donors (Lipinski definition) is 4. The van der Waals surface area contributed by atoms with E-state index in [1.807, 2.05) is 27.1 Å². The molecule has 8 heteroatoms. The van der Waals surface area contributed by atoms with Crippen molar-refractivity contribution in [3.05, 3.63) is 46.9 Å². The fourth-order valence-corrected chi connectivity index (χ4v) is 3.90. The van der Waals surface area contributed by atoms with Crippen LogP contribution in [0.3, 0.4) is 0 Å². The van der Waals surface area contributed by atoms with E-state index >= 15 is 0 Å². The Balaban J connectivity index is 0.00000155. The van der Waals surface area contributed by atoms with Gasteiger partial charge in [-0.25, -0.2) is 0 Å². The monoisotopic (exact) mass is 431 g/mol. The molecule has 1 heterocycles. The molecule has 0 aromatic heterocycles. The molecule has 0 spiro atoms. The Morgan fingerprint density at radius 3 is 2.50 bits per heavy atom.